The zero-order valence-corrected chi connectivity index (χ0v) is 9.12. The van der Waals surface area contributed by atoms with E-state index < -0.39 is 17.8 Å². The minimum absolute atomic E-state index is 0.196. The first-order chi connectivity index (χ1) is 8.61. The number of hydrogen-bond donors (Lipinski definition) is 0. The van der Waals surface area contributed by atoms with Gasteiger partial charge in [0.05, 0.1) is 5.56 Å². The molecule has 1 heterocycles. The standard InChI is InChI=1S/C13H7NO4/c1-2-9-3-5-10(6-4-9)13(17)18-14-11(15)7-8-12(14)16/h1,3-8H. The van der Waals surface area contributed by atoms with Gasteiger partial charge in [0, 0.05) is 17.7 Å². The molecule has 0 radical (unpaired) electrons. The number of imide groups is 1. The summed E-state index contributed by atoms with van der Waals surface area (Å²) in [7, 11) is 0. The predicted octanol–water partition coefficient (Wildman–Crippen LogP) is 0.665. The molecular weight excluding hydrogens is 234 g/mol. The van der Waals surface area contributed by atoms with Crippen molar-refractivity contribution >= 4 is 17.8 Å². The van der Waals surface area contributed by atoms with Crippen LogP contribution in [0, 0.1) is 12.3 Å². The number of carbonyl (C=O) groups excluding carboxylic acids is 3. The molecule has 88 valence electrons. The fourth-order valence-electron chi connectivity index (χ4n) is 1.31. The van der Waals surface area contributed by atoms with Crippen LogP contribution in [0.15, 0.2) is 36.4 Å². The Kier molecular flexibility index (Phi) is 2.94. The molecule has 0 aliphatic carbocycles. The zero-order chi connectivity index (χ0) is 13.1. The lowest BCUT2D eigenvalue weighted by Crippen LogP contribution is -2.32. The van der Waals surface area contributed by atoms with E-state index in [2.05, 4.69) is 10.8 Å². The van der Waals surface area contributed by atoms with Gasteiger partial charge in [-0.15, -0.1) is 6.42 Å². The topological polar surface area (TPSA) is 63.7 Å². The highest BCUT2D eigenvalue weighted by atomic mass is 16.7. The second-order valence-corrected chi connectivity index (χ2v) is 3.40. The van der Waals surface area contributed by atoms with Crippen molar-refractivity contribution in [1.82, 2.24) is 5.06 Å². The normalized spacial score (nSPS) is 13.6. The van der Waals surface area contributed by atoms with E-state index in [9.17, 15) is 14.4 Å². The number of terminal acetylenes is 1. The van der Waals surface area contributed by atoms with E-state index in [-0.39, 0.29) is 5.56 Å². The van der Waals surface area contributed by atoms with E-state index in [1.807, 2.05) is 0 Å². The van der Waals surface area contributed by atoms with Gasteiger partial charge in [-0.1, -0.05) is 11.0 Å². The van der Waals surface area contributed by atoms with E-state index in [4.69, 9.17) is 6.42 Å². The smallest absolute Gasteiger partial charge is 0.324 e. The Labute approximate surface area is 103 Å². The van der Waals surface area contributed by atoms with Gasteiger partial charge in [0.15, 0.2) is 0 Å². The van der Waals surface area contributed by atoms with E-state index in [0.29, 0.717) is 10.6 Å². The summed E-state index contributed by atoms with van der Waals surface area (Å²) in [6, 6.07) is 6.02. The summed E-state index contributed by atoms with van der Waals surface area (Å²) >= 11 is 0. The lowest BCUT2D eigenvalue weighted by atomic mass is 10.1. The molecule has 2 rings (SSSR count). The number of rotatable bonds is 2. The van der Waals surface area contributed by atoms with Crippen molar-refractivity contribution in [3.05, 3.63) is 47.5 Å². The summed E-state index contributed by atoms with van der Waals surface area (Å²) in [6.45, 7) is 0. The average Bonchev–Trinajstić information content (AvgIpc) is 2.70. The first-order valence-electron chi connectivity index (χ1n) is 4.97. The van der Waals surface area contributed by atoms with Gasteiger partial charge in [-0.3, -0.25) is 9.59 Å². The molecular formula is C13H7NO4. The summed E-state index contributed by atoms with van der Waals surface area (Å²) in [5.74, 6) is 0.225. The Morgan fingerprint density at radius 3 is 2.17 bits per heavy atom. The van der Waals surface area contributed by atoms with E-state index in [0.717, 1.165) is 12.2 Å². The van der Waals surface area contributed by atoms with E-state index >= 15 is 0 Å². The van der Waals surface area contributed by atoms with Gasteiger partial charge in [0.1, 0.15) is 0 Å². The number of carbonyl (C=O) groups is 3. The Hall–Kier alpha value is -2.87. The molecule has 18 heavy (non-hydrogen) atoms. The molecule has 1 aliphatic rings. The molecule has 0 saturated carbocycles. The third-order valence-corrected chi connectivity index (χ3v) is 2.23. The Morgan fingerprint density at radius 2 is 1.67 bits per heavy atom. The number of amides is 2. The fourth-order valence-corrected chi connectivity index (χ4v) is 1.31. The maximum absolute atomic E-state index is 11.6. The van der Waals surface area contributed by atoms with Gasteiger partial charge < -0.3 is 4.84 Å². The average molecular weight is 241 g/mol. The van der Waals surface area contributed by atoms with E-state index in [1.54, 1.807) is 12.1 Å². The minimum Gasteiger partial charge on any atom is -0.324 e. The molecule has 5 heteroatoms. The maximum Gasteiger partial charge on any atom is 0.363 e. The first kappa shape index (κ1) is 11.6. The van der Waals surface area contributed by atoms with Crippen LogP contribution in [-0.4, -0.2) is 22.8 Å². The van der Waals surface area contributed by atoms with Crippen LogP contribution in [0.25, 0.3) is 0 Å². The van der Waals surface area contributed by atoms with E-state index in [1.165, 1.54) is 12.1 Å². The maximum atomic E-state index is 11.6. The van der Waals surface area contributed by atoms with Gasteiger partial charge in [0.25, 0.3) is 11.8 Å². The molecule has 0 N–H and O–H groups in total. The highest BCUT2D eigenvalue weighted by Crippen LogP contribution is 2.10. The van der Waals surface area contributed by atoms with Crippen LogP contribution in [0.1, 0.15) is 15.9 Å². The van der Waals surface area contributed by atoms with Crippen LogP contribution in [0.3, 0.4) is 0 Å². The van der Waals surface area contributed by atoms with Crippen LogP contribution in [0.2, 0.25) is 0 Å². The van der Waals surface area contributed by atoms with Gasteiger partial charge >= 0.3 is 5.97 Å². The van der Waals surface area contributed by atoms with Crippen molar-refractivity contribution in [2.75, 3.05) is 0 Å². The van der Waals surface area contributed by atoms with Crippen LogP contribution in [0.5, 0.6) is 0 Å². The van der Waals surface area contributed by atoms with Gasteiger partial charge in [-0.25, -0.2) is 4.79 Å². The number of benzene rings is 1. The highest BCUT2D eigenvalue weighted by molar-refractivity contribution is 6.12. The molecule has 0 saturated heterocycles. The number of nitrogens with zero attached hydrogens (tertiary/aromatic N) is 1. The van der Waals surface area contributed by atoms with Crippen molar-refractivity contribution in [1.29, 1.82) is 0 Å². The molecule has 0 fully saturated rings. The molecule has 0 atom stereocenters. The van der Waals surface area contributed by atoms with Crippen LogP contribution < -0.4 is 0 Å². The van der Waals surface area contributed by atoms with Crippen LogP contribution in [-0.2, 0) is 14.4 Å². The third-order valence-electron chi connectivity index (χ3n) is 2.23. The summed E-state index contributed by atoms with van der Waals surface area (Å²) in [6.07, 6.45) is 7.22. The first-order valence-corrected chi connectivity index (χ1v) is 4.97. The van der Waals surface area contributed by atoms with Crippen molar-refractivity contribution in [2.24, 2.45) is 0 Å². The summed E-state index contributed by atoms with van der Waals surface area (Å²) in [5, 5.41) is 0.400. The SMILES string of the molecule is C#Cc1ccc(C(=O)ON2C(=O)C=CC2=O)cc1. The Bertz CT molecular complexity index is 574. The monoisotopic (exact) mass is 241 g/mol. The molecule has 1 aromatic rings. The molecule has 0 spiro atoms. The second kappa shape index (κ2) is 4.55. The predicted molar refractivity (Wildman–Crippen MR) is 60.8 cm³/mol. The molecule has 1 aliphatic heterocycles. The molecule has 5 nitrogen and oxygen atoms in total. The lowest BCUT2D eigenvalue weighted by molar-refractivity contribution is -0.170. The van der Waals surface area contributed by atoms with Crippen molar-refractivity contribution < 1.29 is 19.2 Å². The fraction of sp³-hybridized carbons (Fsp3) is 0. The summed E-state index contributed by atoms with van der Waals surface area (Å²) in [4.78, 5) is 38.7. The number of hydroxylamine groups is 2. The Morgan fingerprint density at radius 1 is 1.11 bits per heavy atom. The molecule has 0 aromatic heterocycles. The van der Waals surface area contributed by atoms with Crippen molar-refractivity contribution in [3.63, 3.8) is 0 Å². The van der Waals surface area contributed by atoms with Crippen molar-refractivity contribution in [2.45, 2.75) is 0 Å². The van der Waals surface area contributed by atoms with Gasteiger partial charge in [0.2, 0.25) is 0 Å². The van der Waals surface area contributed by atoms with Gasteiger partial charge in [-0.2, -0.15) is 0 Å². The van der Waals surface area contributed by atoms with Gasteiger partial charge in [-0.05, 0) is 24.3 Å². The summed E-state index contributed by atoms with van der Waals surface area (Å²) in [5.41, 5.74) is 0.808. The molecule has 1 aromatic carbocycles. The highest BCUT2D eigenvalue weighted by Gasteiger charge is 2.28. The minimum atomic E-state index is -0.802. The second-order valence-electron chi connectivity index (χ2n) is 3.40. The molecule has 0 bridgehead atoms. The Balaban J connectivity index is 2.10. The lowest BCUT2D eigenvalue weighted by Gasteiger charge is -2.12. The van der Waals surface area contributed by atoms with Crippen molar-refractivity contribution in [3.8, 4) is 12.3 Å². The van der Waals surface area contributed by atoms with Crippen LogP contribution >= 0.6 is 0 Å². The molecule has 2 amide bonds. The van der Waals surface area contributed by atoms with Crippen LogP contribution in [0.4, 0.5) is 0 Å². The largest absolute Gasteiger partial charge is 0.363 e. The zero-order valence-electron chi connectivity index (χ0n) is 9.12. The molecule has 0 unspecified atom stereocenters. The number of hydrogen-bond acceptors (Lipinski definition) is 4. The third kappa shape index (κ3) is 2.13. The quantitative estimate of drug-likeness (QED) is 0.563. The summed E-state index contributed by atoms with van der Waals surface area (Å²) < 4.78 is 0.